The van der Waals surface area contributed by atoms with Crippen LogP contribution < -0.4 is 5.90 Å². The zero-order valence-electron chi connectivity index (χ0n) is 8.12. The van der Waals surface area contributed by atoms with Gasteiger partial charge in [0.15, 0.2) is 0 Å². The molecule has 1 aliphatic rings. The summed E-state index contributed by atoms with van der Waals surface area (Å²) in [6, 6.07) is 0. The molecule has 1 saturated heterocycles. The van der Waals surface area contributed by atoms with Crippen LogP contribution in [0.1, 0.15) is 26.7 Å². The molecule has 0 radical (unpaired) electrons. The Morgan fingerprint density at radius 2 is 2.33 bits per heavy atom. The Morgan fingerprint density at radius 1 is 1.58 bits per heavy atom. The molecule has 0 spiro atoms. The number of hydrogen-bond donors (Lipinski definition) is 1. The second-order valence-electron chi connectivity index (χ2n) is 4.03. The van der Waals surface area contributed by atoms with Gasteiger partial charge in [-0.15, -0.1) is 0 Å². The maximum absolute atomic E-state index is 5.13. The molecule has 1 unspecified atom stereocenters. The standard InChI is InChI=1S/C9H20N2O/c1-8(2)3-5-11-6-4-9(7-11)12-10/h8-9H,3-7,10H2,1-2H3. The highest BCUT2D eigenvalue weighted by Gasteiger charge is 2.21. The van der Waals surface area contributed by atoms with Gasteiger partial charge in [0, 0.05) is 13.1 Å². The summed E-state index contributed by atoms with van der Waals surface area (Å²) in [7, 11) is 0. The summed E-state index contributed by atoms with van der Waals surface area (Å²) >= 11 is 0. The topological polar surface area (TPSA) is 38.5 Å². The van der Waals surface area contributed by atoms with E-state index < -0.39 is 0 Å². The molecule has 1 atom stereocenters. The van der Waals surface area contributed by atoms with Gasteiger partial charge in [-0.3, -0.25) is 4.84 Å². The van der Waals surface area contributed by atoms with Crippen molar-refractivity contribution in [2.45, 2.75) is 32.8 Å². The Morgan fingerprint density at radius 3 is 2.83 bits per heavy atom. The van der Waals surface area contributed by atoms with Crippen molar-refractivity contribution < 1.29 is 4.84 Å². The number of hydrogen-bond acceptors (Lipinski definition) is 3. The number of likely N-dealkylation sites (tertiary alicyclic amines) is 1. The summed E-state index contributed by atoms with van der Waals surface area (Å²) in [5.41, 5.74) is 0. The third kappa shape index (κ3) is 3.09. The average molecular weight is 172 g/mol. The van der Waals surface area contributed by atoms with E-state index in [0.717, 1.165) is 25.4 Å². The summed E-state index contributed by atoms with van der Waals surface area (Å²) < 4.78 is 0. The van der Waals surface area contributed by atoms with E-state index in [2.05, 4.69) is 18.7 Å². The third-order valence-corrected chi connectivity index (χ3v) is 2.44. The van der Waals surface area contributed by atoms with Gasteiger partial charge in [0.25, 0.3) is 0 Å². The van der Waals surface area contributed by atoms with Crippen molar-refractivity contribution >= 4 is 0 Å². The van der Waals surface area contributed by atoms with Gasteiger partial charge in [-0.2, -0.15) is 0 Å². The lowest BCUT2D eigenvalue weighted by Crippen LogP contribution is -2.26. The number of rotatable bonds is 4. The Labute approximate surface area is 74.8 Å². The molecule has 1 aliphatic heterocycles. The van der Waals surface area contributed by atoms with Crippen LogP contribution in [0.3, 0.4) is 0 Å². The number of nitrogens with two attached hydrogens (primary N) is 1. The molecule has 0 aromatic heterocycles. The van der Waals surface area contributed by atoms with E-state index >= 15 is 0 Å². The van der Waals surface area contributed by atoms with Crippen LogP contribution in [0.25, 0.3) is 0 Å². The zero-order valence-corrected chi connectivity index (χ0v) is 8.12. The molecule has 12 heavy (non-hydrogen) atoms. The highest BCUT2D eigenvalue weighted by molar-refractivity contribution is 4.75. The van der Waals surface area contributed by atoms with E-state index in [0.29, 0.717) is 0 Å². The minimum absolute atomic E-state index is 0.275. The lowest BCUT2D eigenvalue weighted by molar-refractivity contribution is 0.0591. The minimum Gasteiger partial charge on any atom is -0.301 e. The molecule has 0 bridgehead atoms. The first-order valence-corrected chi connectivity index (χ1v) is 4.80. The Balaban J connectivity index is 2.11. The molecule has 72 valence electrons. The van der Waals surface area contributed by atoms with Crippen molar-refractivity contribution in [1.82, 2.24) is 4.90 Å². The SMILES string of the molecule is CC(C)CCN1CCC(ON)C1. The van der Waals surface area contributed by atoms with Crippen molar-refractivity contribution in [1.29, 1.82) is 0 Å². The zero-order chi connectivity index (χ0) is 8.97. The van der Waals surface area contributed by atoms with Crippen molar-refractivity contribution in [2.24, 2.45) is 11.8 Å². The molecule has 1 fully saturated rings. The van der Waals surface area contributed by atoms with Gasteiger partial charge in [0.05, 0.1) is 6.10 Å². The first-order valence-electron chi connectivity index (χ1n) is 4.80. The van der Waals surface area contributed by atoms with Crippen LogP contribution in [-0.4, -0.2) is 30.6 Å². The van der Waals surface area contributed by atoms with Gasteiger partial charge in [-0.25, -0.2) is 5.90 Å². The maximum Gasteiger partial charge on any atom is 0.0926 e. The second-order valence-corrected chi connectivity index (χ2v) is 4.03. The fraction of sp³-hybridized carbons (Fsp3) is 1.00. The van der Waals surface area contributed by atoms with Crippen molar-refractivity contribution in [3.8, 4) is 0 Å². The predicted octanol–water partition coefficient (Wildman–Crippen LogP) is 0.997. The quantitative estimate of drug-likeness (QED) is 0.643. The summed E-state index contributed by atoms with van der Waals surface area (Å²) in [5, 5.41) is 0. The van der Waals surface area contributed by atoms with Crippen molar-refractivity contribution in [2.75, 3.05) is 19.6 Å². The van der Waals surface area contributed by atoms with Gasteiger partial charge < -0.3 is 4.90 Å². The third-order valence-electron chi connectivity index (χ3n) is 2.44. The van der Waals surface area contributed by atoms with Crippen LogP contribution in [0.15, 0.2) is 0 Å². The van der Waals surface area contributed by atoms with Crippen molar-refractivity contribution in [3.05, 3.63) is 0 Å². The smallest absolute Gasteiger partial charge is 0.0926 e. The van der Waals surface area contributed by atoms with Crippen LogP contribution >= 0.6 is 0 Å². The Hall–Kier alpha value is -0.120. The normalized spacial score (nSPS) is 25.5. The lowest BCUT2D eigenvalue weighted by atomic mass is 10.1. The molecule has 0 aliphatic carbocycles. The largest absolute Gasteiger partial charge is 0.301 e. The molecule has 0 saturated carbocycles. The average Bonchev–Trinajstić information content (AvgIpc) is 2.48. The maximum atomic E-state index is 5.13. The first-order chi connectivity index (χ1) is 5.72. The van der Waals surface area contributed by atoms with Gasteiger partial charge >= 0.3 is 0 Å². The minimum atomic E-state index is 0.275. The van der Waals surface area contributed by atoms with E-state index in [1.807, 2.05) is 0 Å². The summed E-state index contributed by atoms with van der Waals surface area (Å²) in [4.78, 5) is 7.23. The highest BCUT2D eigenvalue weighted by Crippen LogP contribution is 2.12. The van der Waals surface area contributed by atoms with Gasteiger partial charge in [-0.1, -0.05) is 13.8 Å². The van der Waals surface area contributed by atoms with Crippen LogP contribution in [0.2, 0.25) is 0 Å². The second kappa shape index (κ2) is 4.80. The fourth-order valence-electron chi connectivity index (χ4n) is 1.55. The molecule has 3 heteroatoms. The Kier molecular flexibility index (Phi) is 3.98. The monoisotopic (exact) mass is 172 g/mol. The van der Waals surface area contributed by atoms with E-state index in [1.165, 1.54) is 13.0 Å². The molecule has 0 amide bonds. The van der Waals surface area contributed by atoms with Gasteiger partial charge in [-0.05, 0) is 25.3 Å². The highest BCUT2D eigenvalue weighted by atomic mass is 16.6. The molecule has 3 nitrogen and oxygen atoms in total. The molecule has 0 aromatic rings. The summed E-state index contributed by atoms with van der Waals surface area (Å²) in [6.45, 7) is 7.87. The molecule has 1 rings (SSSR count). The van der Waals surface area contributed by atoms with E-state index in [4.69, 9.17) is 10.7 Å². The van der Waals surface area contributed by atoms with E-state index in [9.17, 15) is 0 Å². The lowest BCUT2D eigenvalue weighted by Gasteiger charge is -2.16. The van der Waals surface area contributed by atoms with E-state index in [-0.39, 0.29) is 6.10 Å². The van der Waals surface area contributed by atoms with Crippen LogP contribution in [0, 0.1) is 5.92 Å². The number of nitrogens with zero attached hydrogens (tertiary/aromatic N) is 1. The molecule has 1 heterocycles. The summed E-state index contributed by atoms with van der Waals surface area (Å²) in [5.74, 6) is 5.92. The van der Waals surface area contributed by atoms with Crippen molar-refractivity contribution in [3.63, 3.8) is 0 Å². The fourth-order valence-corrected chi connectivity index (χ4v) is 1.55. The molecular weight excluding hydrogens is 152 g/mol. The van der Waals surface area contributed by atoms with Gasteiger partial charge in [0.1, 0.15) is 0 Å². The van der Waals surface area contributed by atoms with E-state index in [1.54, 1.807) is 0 Å². The van der Waals surface area contributed by atoms with Gasteiger partial charge in [0.2, 0.25) is 0 Å². The first kappa shape index (κ1) is 9.96. The molecule has 2 N–H and O–H groups in total. The molecule has 0 aromatic carbocycles. The predicted molar refractivity (Wildman–Crippen MR) is 49.6 cm³/mol. The molecular formula is C9H20N2O. The summed E-state index contributed by atoms with van der Waals surface area (Å²) in [6.07, 6.45) is 2.64. The Bertz CT molecular complexity index is 128. The van der Waals surface area contributed by atoms with Crippen LogP contribution in [-0.2, 0) is 4.84 Å². The van der Waals surface area contributed by atoms with Crippen LogP contribution in [0.4, 0.5) is 0 Å². The van der Waals surface area contributed by atoms with Crippen LogP contribution in [0.5, 0.6) is 0 Å².